The highest BCUT2D eigenvalue weighted by Gasteiger charge is 2.09. The Balaban J connectivity index is 1.56. The van der Waals surface area contributed by atoms with Gasteiger partial charge in [-0.1, -0.05) is 30.3 Å². The molecule has 19 heavy (non-hydrogen) atoms. The van der Waals surface area contributed by atoms with E-state index in [1.807, 2.05) is 6.07 Å². The SMILES string of the molecule is c1ccc2cc(OCCN3CCOCC3)ccc2c1. The van der Waals surface area contributed by atoms with Gasteiger partial charge in [-0.05, 0) is 22.9 Å². The highest BCUT2D eigenvalue weighted by Crippen LogP contribution is 2.20. The molecular weight excluding hydrogens is 238 g/mol. The maximum absolute atomic E-state index is 5.83. The van der Waals surface area contributed by atoms with Crippen molar-refractivity contribution in [3.63, 3.8) is 0 Å². The zero-order chi connectivity index (χ0) is 12.9. The maximum Gasteiger partial charge on any atom is 0.120 e. The summed E-state index contributed by atoms with van der Waals surface area (Å²) < 4.78 is 11.2. The van der Waals surface area contributed by atoms with Crippen molar-refractivity contribution in [3.05, 3.63) is 42.5 Å². The van der Waals surface area contributed by atoms with Gasteiger partial charge in [0.1, 0.15) is 12.4 Å². The molecule has 0 aromatic heterocycles. The van der Waals surface area contributed by atoms with E-state index < -0.39 is 0 Å². The van der Waals surface area contributed by atoms with Crippen molar-refractivity contribution in [2.75, 3.05) is 39.5 Å². The van der Waals surface area contributed by atoms with Crippen LogP contribution in [0, 0.1) is 0 Å². The second-order valence-electron chi connectivity index (χ2n) is 4.81. The van der Waals surface area contributed by atoms with E-state index in [-0.39, 0.29) is 0 Å². The second-order valence-corrected chi connectivity index (χ2v) is 4.81. The van der Waals surface area contributed by atoms with Crippen LogP contribution >= 0.6 is 0 Å². The van der Waals surface area contributed by atoms with E-state index in [4.69, 9.17) is 9.47 Å². The lowest BCUT2D eigenvalue weighted by Gasteiger charge is -2.26. The van der Waals surface area contributed by atoms with Crippen LogP contribution in [0.15, 0.2) is 42.5 Å². The number of benzene rings is 2. The molecule has 0 atom stereocenters. The van der Waals surface area contributed by atoms with Crippen LogP contribution in [-0.4, -0.2) is 44.4 Å². The summed E-state index contributed by atoms with van der Waals surface area (Å²) in [7, 11) is 0. The first-order valence-corrected chi connectivity index (χ1v) is 6.83. The van der Waals surface area contributed by atoms with E-state index in [9.17, 15) is 0 Å². The number of ether oxygens (including phenoxy) is 2. The van der Waals surface area contributed by atoms with E-state index >= 15 is 0 Å². The third-order valence-electron chi connectivity index (χ3n) is 3.50. The molecule has 2 aromatic rings. The number of hydrogen-bond donors (Lipinski definition) is 0. The van der Waals surface area contributed by atoms with Gasteiger partial charge in [0.2, 0.25) is 0 Å². The lowest BCUT2D eigenvalue weighted by molar-refractivity contribution is 0.0322. The smallest absolute Gasteiger partial charge is 0.120 e. The van der Waals surface area contributed by atoms with Gasteiger partial charge in [-0.15, -0.1) is 0 Å². The standard InChI is InChI=1S/C16H19NO2/c1-2-4-15-13-16(6-5-14(15)3-1)19-12-9-17-7-10-18-11-8-17/h1-6,13H,7-12H2. The Bertz CT molecular complexity index is 535. The van der Waals surface area contributed by atoms with Crippen LogP contribution in [0.3, 0.4) is 0 Å². The first-order valence-electron chi connectivity index (χ1n) is 6.83. The molecule has 0 unspecified atom stereocenters. The Morgan fingerprint density at radius 2 is 1.79 bits per heavy atom. The molecule has 0 radical (unpaired) electrons. The third kappa shape index (κ3) is 3.25. The van der Waals surface area contributed by atoms with Crippen molar-refractivity contribution in [1.82, 2.24) is 4.90 Å². The predicted molar refractivity (Wildman–Crippen MR) is 76.7 cm³/mol. The topological polar surface area (TPSA) is 21.7 Å². The number of nitrogens with zero attached hydrogens (tertiary/aromatic N) is 1. The monoisotopic (exact) mass is 257 g/mol. The van der Waals surface area contributed by atoms with Gasteiger partial charge in [-0.3, -0.25) is 4.90 Å². The van der Waals surface area contributed by atoms with Crippen molar-refractivity contribution < 1.29 is 9.47 Å². The van der Waals surface area contributed by atoms with E-state index in [0.29, 0.717) is 0 Å². The van der Waals surface area contributed by atoms with Crippen molar-refractivity contribution in [1.29, 1.82) is 0 Å². The molecule has 0 N–H and O–H groups in total. The van der Waals surface area contributed by atoms with Crippen LogP contribution < -0.4 is 4.74 Å². The fraction of sp³-hybridized carbons (Fsp3) is 0.375. The number of fused-ring (bicyclic) bond motifs is 1. The van der Waals surface area contributed by atoms with Crippen molar-refractivity contribution >= 4 is 10.8 Å². The quantitative estimate of drug-likeness (QED) is 0.840. The lowest BCUT2D eigenvalue weighted by Crippen LogP contribution is -2.38. The van der Waals surface area contributed by atoms with Crippen molar-refractivity contribution in [3.8, 4) is 5.75 Å². The predicted octanol–water partition coefficient (Wildman–Crippen LogP) is 2.55. The molecule has 1 aliphatic heterocycles. The van der Waals surface area contributed by atoms with Crippen LogP contribution in [0.2, 0.25) is 0 Å². The minimum atomic E-state index is 0.734. The molecule has 3 nitrogen and oxygen atoms in total. The lowest BCUT2D eigenvalue weighted by atomic mass is 10.1. The molecule has 0 aliphatic carbocycles. The largest absolute Gasteiger partial charge is 0.492 e. The maximum atomic E-state index is 5.83. The molecule has 2 aromatic carbocycles. The molecule has 1 aliphatic rings. The first-order chi connectivity index (χ1) is 9.42. The number of rotatable bonds is 4. The normalized spacial score (nSPS) is 16.6. The number of hydrogen-bond acceptors (Lipinski definition) is 3. The zero-order valence-electron chi connectivity index (χ0n) is 11.0. The summed E-state index contributed by atoms with van der Waals surface area (Å²) in [4.78, 5) is 2.38. The summed E-state index contributed by atoms with van der Waals surface area (Å²) in [5, 5.41) is 2.48. The summed E-state index contributed by atoms with van der Waals surface area (Å²) in [6.45, 7) is 5.42. The van der Waals surface area contributed by atoms with Crippen LogP contribution in [0.1, 0.15) is 0 Å². The Morgan fingerprint density at radius 1 is 1.00 bits per heavy atom. The Labute approximate surface area is 113 Å². The average Bonchev–Trinajstić information content (AvgIpc) is 2.48. The van der Waals surface area contributed by atoms with E-state index in [0.717, 1.165) is 45.2 Å². The molecule has 100 valence electrons. The van der Waals surface area contributed by atoms with Gasteiger partial charge in [0.05, 0.1) is 13.2 Å². The van der Waals surface area contributed by atoms with Gasteiger partial charge in [-0.2, -0.15) is 0 Å². The van der Waals surface area contributed by atoms with Gasteiger partial charge in [0, 0.05) is 19.6 Å². The molecule has 0 spiro atoms. The van der Waals surface area contributed by atoms with Crippen molar-refractivity contribution in [2.24, 2.45) is 0 Å². The van der Waals surface area contributed by atoms with Gasteiger partial charge in [-0.25, -0.2) is 0 Å². The highest BCUT2D eigenvalue weighted by molar-refractivity contribution is 5.83. The second kappa shape index (κ2) is 6.04. The molecule has 0 saturated carbocycles. The molecule has 3 rings (SSSR count). The van der Waals surface area contributed by atoms with Crippen LogP contribution in [0.25, 0.3) is 10.8 Å². The van der Waals surface area contributed by atoms with Crippen molar-refractivity contribution in [2.45, 2.75) is 0 Å². The Kier molecular flexibility index (Phi) is 3.96. The molecule has 1 saturated heterocycles. The van der Waals surface area contributed by atoms with E-state index in [2.05, 4.69) is 41.3 Å². The summed E-state index contributed by atoms with van der Waals surface area (Å²) in [5.41, 5.74) is 0. The Hall–Kier alpha value is -1.58. The molecule has 0 amide bonds. The van der Waals surface area contributed by atoms with Gasteiger partial charge in [0.25, 0.3) is 0 Å². The molecular formula is C16H19NO2. The Morgan fingerprint density at radius 3 is 2.63 bits per heavy atom. The summed E-state index contributed by atoms with van der Waals surface area (Å²) >= 11 is 0. The molecule has 1 heterocycles. The molecule has 3 heteroatoms. The molecule has 0 bridgehead atoms. The van der Waals surface area contributed by atoms with E-state index in [1.165, 1.54) is 10.8 Å². The van der Waals surface area contributed by atoms with Crippen LogP contribution in [-0.2, 0) is 4.74 Å². The van der Waals surface area contributed by atoms with Crippen LogP contribution in [0.5, 0.6) is 5.75 Å². The fourth-order valence-corrected chi connectivity index (χ4v) is 2.37. The van der Waals surface area contributed by atoms with Crippen LogP contribution in [0.4, 0.5) is 0 Å². The van der Waals surface area contributed by atoms with Gasteiger partial charge in [0.15, 0.2) is 0 Å². The first kappa shape index (κ1) is 12.5. The minimum Gasteiger partial charge on any atom is -0.492 e. The summed E-state index contributed by atoms with van der Waals surface area (Å²) in [6.07, 6.45) is 0. The minimum absolute atomic E-state index is 0.734. The third-order valence-corrected chi connectivity index (χ3v) is 3.50. The van der Waals surface area contributed by atoms with E-state index in [1.54, 1.807) is 0 Å². The van der Waals surface area contributed by atoms with Gasteiger partial charge >= 0.3 is 0 Å². The molecule has 1 fully saturated rings. The average molecular weight is 257 g/mol. The van der Waals surface area contributed by atoms with Gasteiger partial charge < -0.3 is 9.47 Å². The summed E-state index contributed by atoms with van der Waals surface area (Å²) in [6, 6.07) is 14.6. The summed E-state index contributed by atoms with van der Waals surface area (Å²) in [5.74, 6) is 0.951. The fourth-order valence-electron chi connectivity index (χ4n) is 2.37. The number of morpholine rings is 1. The zero-order valence-corrected chi connectivity index (χ0v) is 11.0. The highest BCUT2D eigenvalue weighted by atomic mass is 16.5.